The Labute approximate surface area is 172 Å². The maximum atomic E-state index is 13.6. The van der Waals surface area contributed by atoms with Gasteiger partial charge in [0.25, 0.3) is 5.91 Å². The van der Waals surface area contributed by atoms with Crippen LogP contribution in [0.1, 0.15) is 23.0 Å². The number of alkyl halides is 3. The number of esters is 1. The van der Waals surface area contributed by atoms with Crippen LogP contribution in [0.4, 0.5) is 27.6 Å². The Kier molecular flexibility index (Phi) is 6.09. The first-order valence-electron chi connectivity index (χ1n) is 8.79. The third kappa shape index (κ3) is 5.08. The van der Waals surface area contributed by atoms with Gasteiger partial charge in [-0.25, -0.2) is 13.6 Å². The molecule has 0 aliphatic carbocycles. The largest absolute Gasteiger partial charge is 0.449 e. The molecule has 0 saturated carbocycles. The summed E-state index contributed by atoms with van der Waals surface area (Å²) in [5, 5.41) is 1.98. The van der Waals surface area contributed by atoms with Crippen molar-refractivity contribution in [3.05, 3.63) is 77.6 Å². The van der Waals surface area contributed by atoms with Gasteiger partial charge in [-0.2, -0.15) is 13.2 Å². The molecule has 1 amide bonds. The average Bonchev–Trinajstić information content (AvgIpc) is 3.20. The first-order valence-corrected chi connectivity index (χ1v) is 8.79. The minimum absolute atomic E-state index is 0.0245. The summed E-state index contributed by atoms with van der Waals surface area (Å²) in [6.45, 7) is 1.17. The number of carbonyl (C=O) groups excluding carboxylic acids is 2. The molecule has 0 unspecified atom stereocenters. The van der Waals surface area contributed by atoms with E-state index in [0.717, 1.165) is 30.3 Å². The van der Waals surface area contributed by atoms with Crippen LogP contribution in [-0.2, 0) is 15.7 Å². The number of rotatable bonds is 5. The maximum absolute atomic E-state index is 13.6. The quantitative estimate of drug-likeness (QED) is 0.425. The lowest BCUT2D eigenvalue weighted by molar-refractivity contribution is -0.137. The Hall–Kier alpha value is -3.69. The molecule has 0 aliphatic rings. The van der Waals surface area contributed by atoms with Gasteiger partial charge in [-0.1, -0.05) is 18.2 Å². The molecule has 0 aliphatic heterocycles. The Balaban J connectivity index is 1.69. The minimum Gasteiger partial charge on any atom is -0.449 e. The van der Waals surface area contributed by atoms with Crippen LogP contribution in [0.2, 0.25) is 0 Å². The van der Waals surface area contributed by atoms with E-state index < -0.39 is 47.0 Å². The van der Waals surface area contributed by atoms with Gasteiger partial charge < -0.3 is 14.5 Å². The van der Waals surface area contributed by atoms with E-state index in [4.69, 9.17) is 9.15 Å². The second kappa shape index (κ2) is 8.58. The van der Waals surface area contributed by atoms with E-state index in [1.54, 1.807) is 0 Å². The van der Waals surface area contributed by atoms with Gasteiger partial charge in [-0.15, -0.1) is 0 Å². The van der Waals surface area contributed by atoms with Crippen LogP contribution < -0.4 is 5.32 Å². The van der Waals surface area contributed by atoms with Gasteiger partial charge in [0.1, 0.15) is 23.1 Å². The molecule has 5 nitrogen and oxygen atoms in total. The van der Waals surface area contributed by atoms with Gasteiger partial charge in [-0.05, 0) is 43.3 Å². The number of amides is 1. The molecule has 0 radical (unpaired) electrons. The lowest BCUT2D eigenvalue weighted by atomic mass is 10.1. The van der Waals surface area contributed by atoms with E-state index in [2.05, 4.69) is 0 Å². The number of benzene rings is 2. The molecule has 0 spiro atoms. The lowest BCUT2D eigenvalue weighted by Gasteiger charge is -2.13. The molecule has 0 fully saturated rings. The summed E-state index contributed by atoms with van der Waals surface area (Å²) in [5.74, 6) is -4.50. The third-order valence-corrected chi connectivity index (χ3v) is 4.15. The molecule has 3 rings (SSSR count). The fourth-order valence-electron chi connectivity index (χ4n) is 2.57. The number of carbonyl (C=O) groups is 2. The van der Waals surface area contributed by atoms with Crippen LogP contribution in [-0.4, -0.2) is 18.0 Å². The number of ether oxygens (including phenoxy) is 1. The summed E-state index contributed by atoms with van der Waals surface area (Å²) < 4.78 is 75.9. The standard InChI is InChI=1S/C21H14F5NO4/c1-11(19(28)27-18-14(22)6-3-7-15(18)23)30-20(29)17-9-8-16(31-17)12-4-2-5-13(10-12)21(24,25)26/h2-11H,1H3,(H,27,28)/t11-/m0/s1. The highest BCUT2D eigenvalue weighted by Crippen LogP contribution is 2.32. The molecular weight excluding hydrogens is 425 g/mol. The topological polar surface area (TPSA) is 68.5 Å². The van der Waals surface area contributed by atoms with Gasteiger partial charge >= 0.3 is 12.1 Å². The number of furan rings is 1. The summed E-state index contributed by atoms with van der Waals surface area (Å²) >= 11 is 0. The van der Waals surface area contributed by atoms with Crippen LogP contribution >= 0.6 is 0 Å². The molecule has 1 N–H and O–H groups in total. The van der Waals surface area contributed by atoms with Crippen LogP contribution in [0, 0.1) is 11.6 Å². The number of hydrogen-bond acceptors (Lipinski definition) is 4. The van der Waals surface area contributed by atoms with E-state index in [0.29, 0.717) is 0 Å². The van der Waals surface area contributed by atoms with Gasteiger partial charge in [0.15, 0.2) is 6.10 Å². The fraction of sp³-hybridized carbons (Fsp3) is 0.143. The SMILES string of the molecule is C[C@H](OC(=O)c1ccc(-c2cccc(C(F)(F)F)c2)o1)C(=O)Nc1c(F)cccc1F. The van der Waals surface area contributed by atoms with Crippen molar-refractivity contribution in [1.82, 2.24) is 0 Å². The first-order chi connectivity index (χ1) is 14.6. The zero-order valence-corrected chi connectivity index (χ0v) is 15.8. The second-order valence-corrected chi connectivity index (χ2v) is 6.38. The van der Waals surface area contributed by atoms with Crippen molar-refractivity contribution in [2.75, 3.05) is 5.32 Å². The summed E-state index contributed by atoms with van der Waals surface area (Å²) in [6, 6.07) is 9.72. The van der Waals surface area contributed by atoms with Crippen LogP contribution in [0.3, 0.4) is 0 Å². The molecule has 1 atom stereocenters. The van der Waals surface area contributed by atoms with E-state index in [9.17, 15) is 31.5 Å². The predicted octanol–water partition coefficient (Wildman–Crippen LogP) is 5.43. The molecule has 10 heteroatoms. The van der Waals surface area contributed by atoms with Crippen LogP contribution in [0.25, 0.3) is 11.3 Å². The Bertz CT molecular complexity index is 1100. The number of anilines is 1. The van der Waals surface area contributed by atoms with E-state index in [1.165, 1.54) is 31.2 Å². The van der Waals surface area contributed by atoms with Crippen LogP contribution in [0.5, 0.6) is 0 Å². The maximum Gasteiger partial charge on any atom is 0.416 e. The molecule has 31 heavy (non-hydrogen) atoms. The lowest BCUT2D eigenvalue weighted by Crippen LogP contribution is -2.30. The minimum atomic E-state index is -4.55. The number of nitrogens with one attached hydrogen (secondary N) is 1. The monoisotopic (exact) mass is 439 g/mol. The summed E-state index contributed by atoms with van der Waals surface area (Å²) in [4.78, 5) is 24.3. The Morgan fingerprint density at radius 3 is 2.29 bits per heavy atom. The summed E-state index contributed by atoms with van der Waals surface area (Å²) in [7, 11) is 0. The highest BCUT2D eigenvalue weighted by molar-refractivity contribution is 5.96. The van der Waals surface area contributed by atoms with E-state index in [1.807, 2.05) is 5.32 Å². The van der Waals surface area contributed by atoms with Gasteiger partial charge in [-0.3, -0.25) is 4.79 Å². The van der Waals surface area contributed by atoms with Crippen molar-refractivity contribution in [3.8, 4) is 11.3 Å². The Morgan fingerprint density at radius 2 is 1.65 bits per heavy atom. The van der Waals surface area contributed by atoms with E-state index >= 15 is 0 Å². The van der Waals surface area contributed by atoms with Crippen molar-refractivity contribution in [1.29, 1.82) is 0 Å². The molecule has 1 aromatic heterocycles. The number of hydrogen-bond donors (Lipinski definition) is 1. The summed E-state index contributed by atoms with van der Waals surface area (Å²) in [6.07, 6.45) is -6.00. The molecule has 162 valence electrons. The smallest absolute Gasteiger partial charge is 0.416 e. The highest BCUT2D eigenvalue weighted by atomic mass is 19.4. The second-order valence-electron chi connectivity index (χ2n) is 6.38. The van der Waals surface area contributed by atoms with E-state index in [-0.39, 0.29) is 17.1 Å². The Morgan fingerprint density at radius 1 is 1.00 bits per heavy atom. The van der Waals surface area contributed by atoms with Gasteiger partial charge in [0.2, 0.25) is 5.76 Å². The van der Waals surface area contributed by atoms with Gasteiger partial charge in [0.05, 0.1) is 5.56 Å². The number of halogens is 5. The van der Waals surface area contributed by atoms with Crippen molar-refractivity contribution in [2.24, 2.45) is 0 Å². The molecule has 2 aromatic carbocycles. The zero-order chi connectivity index (χ0) is 22.8. The van der Waals surface area contributed by atoms with Crippen molar-refractivity contribution in [3.63, 3.8) is 0 Å². The van der Waals surface area contributed by atoms with Gasteiger partial charge in [0, 0.05) is 5.56 Å². The first kappa shape index (κ1) is 22.0. The van der Waals surface area contributed by atoms with Crippen molar-refractivity contribution < 1.29 is 40.7 Å². The fourth-order valence-corrected chi connectivity index (χ4v) is 2.57. The van der Waals surface area contributed by atoms with Crippen LogP contribution in [0.15, 0.2) is 59.0 Å². The zero-order valence-electron chi connectivity index (χ0n) is 15.8. The molecule has 0 bridgehead atoms. The van der Waals surface area contributed by atoms with Crippen molar-refractivity contribution >= 4 is 17.6 Å². The molecular formula is C21H14F5NO4. The molecule has 1 heterocycles. The normalized spacial score (nSPS) is 12.3. The molecule has 0 saturated heterocycles. The summed E-state index contributed by atoms with van der Waals surface area (Å²) in [5.41, 5.74) is -1.51. The van der Waals surface area contributed by atoms with Crippen molar-refractivity contribution in [2.45, 2.75) is 19.2 Å². The highest BCUT2D eigenvalue weighted by Gasteiger charge is 2.31. The average molecular weight is 439 g/mol. The predicted molar refractivity (Wildman–Crippen MR) is 99.0 cm³/mol. The molecule has 3 aromatic rings. The third-order valence-electron chi connectivity index (χ3n) is 4.15. The number of para-hydroxylation sites is 1.